The number of carbonyl (C=O) groups excluding carboxylic acids is 2. The molecular weight excluding hydrogens is 380 g/mol. The summed E-state index contributed by atoms with van der Waals surface area (Å²) in [4.78, 5) is 26.8. The average molecular weight is 409 g/mol. The first kappa shape index (κ1) is 21.3. The topological polar surface area (TPSA) is 70.7 Å². The van der Waals surface area contributed by atoms with Gasteiger partial charge in [-0.1, -0.05) is 25.3 Å². The number of amides is 3. The Morgan fingerprint density at radius 2 is 1.79 bits per heavy atom. The van der Waals surface area contributed by atoms with E-state index < -0.39 is 12.6 Å². The van der Waals surface area contributed by atoms with Gasteiger partial charge in [-0.25, -0.2) is 4.79 Å². The Bertz CT molecular complexity index is 715. The van der Waals surface area contributed by atoms with Crippen LogP contribution in [-0.2, 0) is 4.79 Å². The number of benzene rings is 1. The van der Waals surface area contributed by atoms with Crippen molar-refractivity contribution in [2.24, 2.45) is 5.92 Å². The Labute approximate surface area is 170 Å². The highest BCUT2D eigenvalue weighted by atomic mass is 19.3. The summed E-state index contributed by atoms with van der Waals surface area (Å²) in [7, 11) is 0. The van der Waals surface area contributed by atoms with E-state index in [0.717, 1.165) is 25.7 Å². The summed E-state index contributed by atoms with van der Waals surface area (Å²) in [6.45, 7) is 0.0393. The minimum Gasteiger partial charge on any atom is -0.434 e. The smallest absolute Gasteiger partial charge is 0.387 e. The predicted molar refractivity (Wildman–Crippen MR) is 106 cm³/mol. The molecule has 1 heterocycles. The largest absolute Gasteiger partial charge is 0.434 e. The number of halogens is 2. The zero-order chi connectivity index (χ0) is 20.8. The molecule has 2 fully saturated rings. The van der Waals surface area contributed by atoms with Gasteiger partial charge in [0.05, 0.1) is 0 Å². The SMILES string of the molecule is Cc1ccc(NC(=O)NC2CCN(C(=O)C3CCCCC3)CC2)cc1OC(F)F. The van der Waals surface area contributed by atoms with Crippen molar-refractivity contribution < 1.29 is 23.1 Å². The molecule has 1 aliphatic carbocycles. The number of nitrogens with one attached hydrogen (secondary N) is 2. The number of carbonyl (C=O) groups is 2. The van der Waals surface area contributed by atoms with E-state index in [2.05, 4.69) is 15.4 Å². The molecule has 2 aliphatic rings. The van der Waals surface area contributed by atoms with Gasteiger partial charge >= 0.3 is 12.6 Å². The molecule has 8 heteroatoms. The number of anilines is 1. The van der Waals surface area contributed by atoms with Crippen molar-refractivity contribution in [1.82, 2.24) is 10.2 Å². The van der Waals surface area contributed by atoms with Crippen LogP contribution >= 0.6 is 0 Å². The molecule has 1 saturated carbocycles. The van der Waals surface area contributed by atoms with E-state index in [1.54, 1.807) is 19.1 Å². The molecule has 160 valence electrons. The van der Waals surface area contributed by atoms with Crippen LogP contribution in [0.2, 0.25) is 0 Å². The van der Waals surface area contributed by atoms with Crippen molar-refractivity contribution in [3.8, 4) is 5.75 Å². The van der Waals surface area contributed by atoms with E-state index in [1.165, 1.54) is 12.5 Å². The van der Waals surface area contributed by atoms with Gasteiger partial charge in [0.2, 0.25) is 5.91 Å². The lowest BCUT2D eigenvalue weighted by molar-refractivity contribution is -0.137. The Balaban J connectivity index is 1.45. The van der Waals surface area contributed by atoms with Crippen LogP contribution in [0.5, 0.6) is 5.75 Å². The third kappa shape index (κ3) is 6.05. The lowest BCUT2D eigenvalue weighted by Crippen LogP contribution is -2.49. The molecule has 3 rings (SSSR count). The van der Waals surface area contributed by atoms with E-state index in [-0.39, 0.29) is 23.6 Å². The standard InChI is InChI=1S/C21H29F2N3O3/c1-14-7-8-17(13-18(14)29-20(22)23)25-21(28)24-16-9-11-26(12-10-16)19(27)15-5-3-2-4-6-15/h7-8,13,15-16,20H,2-6,9-12H2,1H3,(H2,24,25,28). The Kier molecular flexibility index (Phi) is 7.28. The number of hydrogen-bond donors (Lipinski definition) is 2. The third-order valence-corrected chi connectivity index (χ3v) is 5.76. The minimum atomic E-state index is -2.92. The Morgan fingerprint density at radius 3 is 2.45 bits per heavy atom. The maximum Gasteiger partial charge on any atom is 0.387 e. The van der Waals surface area contributed by atoms with Crippen LogP contribution in [0.3, 0.4) is 0 Å². The van der Waals surface area contributed by atoms with Crippen molar-refractivity contribution in [1.29, 1.82) is 0 Å². The zero-order valence-electron chi connectivity index (χ0n) is 16.8. The number of rotatable bonds is 5. The second-order valence-corrected chi connectivity index (χ2v) is 7.89. The van der Waals surface area contributed by atoms with Crippen LogP contribution in [0, 0.1) is 12.8 Å². The first-order chi connectivity index (χ1) is 13.9. The fraction of sp³-hybridized carbons (Fsp3) is 0.619. The highest BCUT2D eigenvalue weighted by Gasteiger charge is 2.29. The Morgan fingerprint density at radius 1 is 1.10 bits per heavy atom. The van der Waals surface area contributed by atoms with Crippen LogP contribution in [-0.4, -0.2) is 42.6 Å². The molecule has 0 unspecified atom stereocenters. The van der Waals surface area contributed by atoms with Gasteiger partial charge in [0.1, 0.15) is 5.75 Å². The van der Waals surface area contributed by atoms with E-state index >= 15 is 0 Å². The van der Waals surface area contributed by atoms with E-state index in [0.29, 0.717) is 37.2 Å². The van der Waals surface area contributed by atoms with Crippen molar-refractivity contribution in [2.75, 3.05) is 18.4 Å². The lowest BCUT2D eigenvalue weighted by Gasteiger charge is -2.35. The van der Waals surface area contributed by atoms with Gasteiger partial charge in [-0.3, -0.25) is 4.79 Å². The quantitative estimate of drug-likeness (QED) is 0.762. The molecule has 1 aliphatic heterocycles. The van der Waals surface area contributed by atoms with Crippen molar-refractivity contribution in [3.63, 3.8) is 0 Å². The second kappa shape index (κ2) is 9.89. The third-order valence-electron chi connectivity index (χ3n) is 5.76. The van der Waals surface area contributed by atoms with Crippen LogP contribution in [0.1, 0.15) is 50.5 Å². The maximum absolute atomic E-state index is 12.6. The number of nitrogens with zero attached hydrogens (tertiary/aromatic N) is 1. The second-order valence-electron chi connectivity index (χ2n) is 7.89. The van der Waals surface area contributed by atoms with Gasteiger partial charge in [0.15, 0.2) is 0 Å². The monoisotopic (exact) mass is 409 g/mol. The fourth-order valence-corrected chi connectivity index (χ4v) is 4.11. The summed E-state index contributed by atoms with van der Waals surface area (Å²) in [5.41, 5.74) is 0.944. The van der Waals surface area contributed by atoms with E-state index in [1.807, 2.05) is 4.90 Å². The van der Waals surface area contributed by atoms with E-state index in [9.17, 15) is 18.4 Å². The molecule has 6 nitrogen and oxygen atoms in total. The van der Waals surface area contributed by atoms with Gasteiger partial charge in [-0.05, 0) is 44.2 Å². The van der Waals surface area contributed by atoms with Crippen LogP contribution in [0.4, 0.5) is 19.3 Å². The first-order valence-corrected chi connectivity index (χ1v) is 10.3. The molecular formula is C21H29F2N3O3. The summed E-state index contributed by atoms with van der Waals surface area (Å²) in [6.07, 6.45) is 6.90. The number of aryl methyl sites for hydroxylation is 1. The van der Waals surface area contributed by atoms with Crippen LogP contribution in [0.15, 0.2) is 18.2 Å². The maximum atomic E-state index is 12.6. The number of piperidine rings is 1. The molecule has 0 bridgehead atoms. The summed E-state index contributed by atoms with van der Waals surface area (Å²) in [5, 5.41) is 5.56. The molecule has 2 N–H and O–H groups in total. The molecule has 0 spiro atoms. The molecule has 0 aromatic heterocycles. The molecule has 1 aromatic rings. The summed E-state index contributed by atoms with van der Waals surface area (Å²) < 4.78 is 29.4. The number of urea groups is 1. The predicted octanol–water partition coefficient (Wildman–Crippen LogP) is 4.29. The molecule has 0 radical (unpaired) electrons. The number of hydrogen-bond acceptors (Lipinski definition) is 3. The number of alkyl halides is 2. The van der Waals surface area contributed by atoms with Crippen LogP contribution in [0.25, 0.3) is 0 Å². The summed E-state index contributed by atoms with van der Waals surface area (Å²) >= 11 is 0. The van der Waals surface area contributed by atoms with Crippen molar-refractivity contribution in [3.05, 3.63) is 23.8 Å². The molecule has 1 saturated heterocycles. The molecule has 29 heavy (non-hydrogen) atoms. The van der Waals surface area contributed by atoms with Gasteiger partial charge < -0.3 is 20.3 Å². The van der Waals surface area contributed by atoms with Crippen LogP contribution < -0.4 is 15.4 Å². The van der Waals surface area contributed by atoms with Gasteiger partial charge in [0, 0.05) is 36.8 Å². The fourth-order valence-electron chi connectivity index (χ4n) is 4.11. The van der Waals surface area contributed by atoms with Gasteiger partial charge in [-0.15, -0.1) is 0 Å². The Hall–Kier alpha value is -2.38. The zero-order valence-corrected chi connectivity index (χ0v) is 16.8. The minimum absolute atomic E-state index is 0.0207. The normalized spacial score (nSPS) is 18.6. The number of ether oxygens (including phenoxy) is 1. The number of likely N-dealkylation sites (tertiary alicyclic amines) is 1. The van der Waals surface area contributed by atoms with Gasteiger partial charge in [-0.2, -0.15) is 8.78 Å². The summed E-state index contributed by atoms with van der Waals surface area (Å²) in [5.74, 6) is 0.467. The molecule has 3 amide bonds. The van der Waals surface area contributed by atoms with Crippen molar-refractivity contribution in [2.45, 2.75) is 64.5 Å². The average Bonchev–Trinajstić information content (AvgIpc) is 2.71. The van der Waals surface area contributed by atoms with Crippen molar-refractivity contribution >= 4 is 17.6 Å². The first-order valence-electron chi connectivity index (χ1n) is 10.3. The highest BCUT2D eigenvalue weighted by Crippen LogP contribution is 2.27. The lowest BCUT2D eigenvalue weighted by atomic mass is 9.87. The van der Waals surface area contributed by atoms with Gasteiger partial charge in [0.25, 0.3) is 0 Å². The summed E-state index contributed by atoms with van der Waals surface area (Å²) in [6, 6.07) is 4.22. The van der Waals surface area contributed by atoms with E-state index in [4.69, 9.17) is 0 Å². The molecule has 1 aromatic carbocycles. The molecule has 0 atom stereocenters. The highest BCUT2D eigenvalue weighted by molar-refractivity contribution is 5.89.